The summed E-state index contributed by atoms with van der Waals surface area (Å²) in [6, 6.07) is 0. The Morgan fingerprint density at radius 1 is 1.00 bits per heavy atom. The molecule has 4 nitrogen and oxygen atoms in total. The second-order valence-corrected chi connectivity index (χ2v) is 8.20. The molecule has 128 valence electrons. The van der Waals surface area contributed by atoms with E-state index >= 15 is 0 Å². The van der Waals surface area contributed by atoms with Crippen LogP contribution in [-0.2, 0) is 9.59 Å². The van der Waals surface area contributed by atoms with Gasteiger partial charge in [-0.2, -0.15) is 0 Å². The van der Waals surface area contributed by atoms with E-state index in [9.17, 15) is 23.5 Å². The first-order valence-electron chi connectivity index (χ1n) is 8.73. The molecule has 3 unspecified atom stereocenters. The average molecular weight is 327 g/mol. The van der Waals surface area contributed by atoms with Crippen LogP contribution in [0.25, 0.3) is 0 Å². The van der Waals surface area contributed by atoms with Crippen molar-refractivity contribution < 1.29 is 23.5 Å². The number of halogens is 2. The van der Waals surface area contributed by atoms with E-state index in [1.165, 1.54) is 0 Å². The molecule has 0 radical (unpaired) electrons. The van der Waals surface area contributed by atoms with Crippen molar-refractivity contribution in [3.8, 4) is 0 Å². The Labute approximate surface area is 134 Å². The molecule has 0 heterocycles. The van der Waals surface area contributed by atoms with Crippen LogP contribution in [0.4, 0.5) is 8.78 Å². The number of carbonyl (C=O) groups is 2. The maximum atomic E-state index is 13.8. The number of carbonyl (C=O) groups excluding carboxylic acids is 1. The maximum Gasteiger partial charge on any atom is 0.309 e. The lowest BCUT2D eigenvalue weighted by molar-refractivity contribution is -0.157. The first kappa shape index (κ1) is 15.3. The second-order valence-electron chi connectivity index (χ2n) is 8.20. The number of fused-ring (bicyclic) bond motifs is 4. The van der Waals surface area contributed by atoms with Crippen molar-refractivity contribution in [3.63, 3.8) is 0 Å². The Kier molecular flexibility index (Phi) is 3.11. The van der Waals surface area contributed by atoms with Crippen molar-refractivity contribution in [3.05, 3.63) is 0 Å². The van der Waals surface area contributed by atoms with Crippen molar-refractivity contribution in [1.82, 2.24) is 5.32 Å². The third-order valence-electron chi connectivity index (χ3n) is 7.15. The van der Waals surface area contributed by atoms with Crippen molar-refractivity contribution in [2.24, 2.45) is 23.2 Å². The van der Waals surface area contributed by atoms with Crippen LogP contribution in [0.2, 0.25) is 0 Å². The first-order chi connectivity index (χ1) is 10.8. The van der Waals surface area contributed by atoms with Crippen molar-refractivity contribution in [1.29, 1.82) is 0 Å². The van der Waals surface area contributed by atoms with Gasteiger partial charge in [0.05, 0.1) is 5.41 Å². The van der Waals surface area contributed by atoms with E-state index in [1.807, 2.05) is 0 Å². The predicted octanol–water partition coefficient (Wildman–Crippen LogP) is 2.96. The molecule has 0 saturated heterocycles. The highest BCUT2D eigenvalue weighted by Crippen LogP contribution is 2.64. The third kappa shape index (κ3) is 2.13. The van der Waals surface area contributed by atoms with Gasteiger partial charge in [0.15, 0.2) is 0 Å². The van der Waals surface area contributed by atoms with Crippen molar-refractivity contribution in [2.45, 2.75) is 69.2 Å². The zero-order chi connectivity index (χ0) is 16.5. The van der Waals surface area contributed by atoms with Crippen LogP contribution in [0.3, 0.4) is 0 Å². The zero-order valence-corrected chi connectivity index (χ0v) is 13.1. The third-order valence-corrected chi connectivity index (χ3v) is 7.15. The molecule has 5 rings (SSSR count). The van der Waals surface area contributed by atoms with Gasteiger partial charge in [0.25, 0.3) is 5.92 Å². The SMILES string of the molecule is O=C(NC12CCC(C(=O)O)(CC1)CC2)C1CCCC2C1C2(F)F. The molecule has 5 saturated carbocycles. The number of hydrogen-bond acceptors (Lipinski definition) is 2. The molecule has 1 amide bonds. The Hall–Kier alpha value is -1.20. The molecule has 0 spiro atoms. The van der Waals surface area contributed by atoms with E-state index in [2.05, 4.69) is 5.32 Å². The highest BCUT2D eigenvalue weighted by atomic mass is 19.3. The normalized spacial score (nSPS) is 46.8. The van der Waals surface area contributed by atoms with Crippen molar-refractivity contribution >= 4 is 11.9 Å². The summed E-state index contributed by atoms with van der Waals surface area (Å²) in [5, 5.41) is 12.5. The van der Waals surface area contributed by atoms with Gasteiger partial charge < -0.3 is 10.4 Å². The van der Waals surface area contributed by atoms with Crippen LogP contribution in [0.15, 0.2) is 0 Å². The summed E-state index contributed by atoms with van der Waals surface area (Å²) in [7, 11) is 0. The molecule has 6 heteroatoms. The summed E-state index contributed by atoms with van der Waals surface area (Å²) in [6.07, 6.45) is 5.49. The Morgan fingerprint density at radius 2 is 1.61 bits per heavy atom. The molecule has 3 atom stereocenters. The minimum atomic E-state index is -2.66. The largest absolute Gasteiger partial charge is 0.481 e. The molecule has 0 aromatic heterocycles. The highest BCUT2D eigenvalue weighted by molar-refractivity contribution is 5.81. The van der Waals surface area contributed by atoms with Gasteiger partial charge in [0.2, 0.25) is 5.91 Å². The fourth-order valence-corrected chi connectivity index (χ4v) is 5.42. The van der Waals surface area contributed by atoms with Crippen molar-refractivity contribution in [2.75, 3.05) is 0 Å². The number of alkyl halides is 2. The molecule has 5 fully saturated rings. The number of rotatable bonds is 3. The molecular weight excluding hydrogens is 304 g/mol. The molecule has 5 aliphatic carbocycles. The molecule has 2 bridgehead atoms. The first-order valence-corrected chi connectivity index (χ1v) is 8.73. The van der Waals surface area contributed by atoms with Gasteiger partial charge in [-0.15, -0.1) is 0 Å². The van der Waals surface area contributed by atoms with Gasteiger partial charge >= 0.3 is 5.97 Å². The smallest absolute Gasteiger partial charge is 0.309 e. The van der Waals surface area contributed by atoms with Gasteiger partial charge in [0, 0.05) is 23.3 Å². The Bertz CT molecular complexity index is 538. The minimum absolute atomic E-state index is 0.221. The summed E-state index contributed by atoms with van der Waals surface area (Å²) in [5.41, 5.74) is -0.975. The monoisotopic (exact) mass is 327 g/mol. The van der Waals surface area contributed by atoms with Crippen LogP contribution in [-0.4, -0.2) is 28.4 Å². The van der Waals surface area contributed by atoms with Gasteiger partial charge in [-0.3, -0.25) is 9.59 Å². The van der Waals surface area contributed by atoms with Crippen LogP contribution in [0, 0.1) is 23.2 Å². The fourth-order valence-electron chi connectivity index (χ4n) is 5.42. The minimum Gasteiger partial charge on any atom is -0.481 e. The van der Waals surface area contributed by atoms with E-state index in [4.69, 9.17) is 0 Å². The molecule has 5 aliphatic rings. The molecule has 0 aliphatic heterocycles. The zero-order valence-electron chi connectivity index (χ0n) is 13.1. The van der Waals surface area contributed by atoms with Gasteiger partial charge in [-0.25, -0.2) is 8.78 Å². The number of amides is 1. The lowest BCUT2D eigenvalue weighted by Gasteiger charge is -2.52. The highest BCUT2D eigenvalue weighted by Gasteiger charge is 2.72. The van der Waals surface area contributed by atoms with Crippen LogP contribution in [0.1, 0.15) is 57.8 Å². The molecule has 23 heavy (non-hydrogen) atoms. The topological polar surface area (TPSA) is 66.4 Å². The summed E-state index contributed by atoms with van der Waals surface area (Å²) in [5.74, 6) is -5.54. The number of aliphatic carboxylic acids is 1. The summed E-state index contributed by atoms with van der Waals surface area (Å²) in [4.78, 5) is 24.1. The second kappa shape index (κ2) is 4.67. The lowest BCUT2D eigenvalue weighted by Crippen LogP contribution is -2.59. The van der Waals surface area contributed by atoms with E-state index < -0.39 is 35.1 Å². The summed E-state index contributed by atoms with van der Waals surface area (Å²) >= 11 is 0. The molecule has 0 aromatic carbocycles. The van der Waals surface area contributed by atoms with E-state index in [0.29, 0.717) is 57.8 Å². The number of carboxylic acid groups (broad SMARTS) is 1. The summed E-state index contributed by atoms with van der Waals surface area (Å²) in [6.45, 7) is 0. The van der Waals surface area contributed by atoms with Gasteiger partial charge in [-0.1, -0.05) is 6.42 Å². The summed E-state index contributed by atoms with van der Waals surface area (Å²) < 4.78 is 27.5. The molecule has 2 N–H and O–H groups in total. The van der Waals surface area contributed by atoms with Crippen LogP contribution < -0.4 is 5.32 Å². The Balaban J connectivity index is 1.43. The van der Waals surface area contributed by atoms with E-state index in [0.717, 1.165) is 0 Å². The van der Waals surface area contributed by atoms with E-state index in [-0.39, 0.29) is 11.4 Å². The average Bonchev–Trinajstić information content (AvgIpc) is 3.11. The standard InChI is InChI=1S/C17H23F2NO3/c18-17(19)11-3-1-2-10(12(11)17)13(21)20-16-7-4-15(5-8-16,6-9-16)14(22)23/h10-12H,1-9H2,(H,20,21)(H,22,23). The van der Waals surface area contributed by atoms with Gasteiger partial charge in [-0.05, 0) is 51.4 Å². The van der Waals surface area contributed by atoms with Gasteiger partial charge in [0.1, 0.15) is 0 Å². The maximum absolute atomic E-state index is 13.8. The fraction of sp³-hybridized carbons (Fsp3) is 0.882. The quantitative estimate of drug-likeness (QED) is 0.837. The number of nitrogens with one attached hydrogen (secondary N) is 1. The predicted molar refractivity (Wildman–Crippen MR) is 77.9 cm³/mol. The Morgan fingerprint density at radius 3 is 2.17 bits per heavy atom. The van der Waals surface area contributed by atoms with Crippen LogP contribution in [0.5, 0.6) is 0 Å². The molecule has 0 aromatic rings. The number of hydrogen-bond donors (Lipinski definition) is 2. The van der Waals surface area contributed by atoms with E-state index in [1.54, 1.807) is 0 Å². The lowest BCUT2D eigenvalue weighted by atomic mass is 9.57. The van der Waals surface area contributed by atoms with Crippen LogP contribution >= 0.6 is 0 Å². The number of carboxylic acids is 1. The molecular formula is C17H23F2NO3.